The number of aromatic nitrogens is 2. The van der Waals surface area contributed by atoms with Gasteiger partial charge in [-0.05, 0) is 41.8 Å². The molecule has 0 bridgehead atoms. The zero-order valence-corrected chi connectivity index (χ0v) is 12.7. The van der Waals surface area contributed by atoms with E-state index >= 15 is 0 Å². The van der Waals surface area contributed by atoms with E-state index in [2.05, 4.69) is 10.4 Å². The summed E-state index contributed by atoms with van der Waals surface area (Å²) < 4.78 is 14.5. The first-order valence-corrected chi connectivity index (χ1v) is 7.62. The second-order valence-electron chi connectivity index (χ2n) is 4.81. The molecule has 0 spiro atoms. The number of thiophene rings is 1. The van der Waals surface area contributed by atoms with Crippen molar-refractivity contribution >= 4 is 17.2 Å². The number of benzene rings is 1. The number of hydrogen-bond donors (Lipinski definition) is 1. The molecule has 0 radical (unpaired) electrons. The predicted octanol–water partition coefficient (Wildman–Crippen LogP) is 3.22. The molecule has 6 heteroatoms. The number of rotatable bonds is 4. The average molecular weight is 315 g/mol. The van der Waals surface area contributed by atoms with Gasteiger partial charge in [-0.2, -0.15) is 5.10 Å². The van der Waals surface area contributed by atoms with Crippen LogP contribution in [0.1, 0.15) is 15.4 Å². The molecule has 0 aliphatic carbocycles. The fourth-order valence-corrected chi connectivity index (χ4v) is 2.76. The summed E-state index contributed by atoms with van der Waals surface area (Å²) in [6.45, 7) is 0.494. The molecule has 1 amide bonds. The smallest absolute Gasteiger partial charge is 0.269 e. The number of halogens is 1. The lowest BCUT2D eigenvalue weighted by Gasteiger charge is -2.03. The van der Waals surface area contributed by atoms with Gasteiger partial charge in [0.25, 0.3) is 5.91 Å². The van der Waals surface area contributed by atoms with Crippen LogP contribution < -0.4 is 5.32 Å². The van der Waals surface area contributed by atoms with E-state index in [1.54, 1.807) is 36.6 Å². The highest BCUT2D eigenvalue weighted by molar-refractivity contribution is 7.09. The maximum absolute atomic E-state index is 13.0. The number of nitrogens with one attached hydrogen (secondary N) is 1. The van der Waals surface area contributed by atoms with E-state index in [4.69, 9.17) is 0 Å². The monoisotopic (exact) mass is 315 g/mol. The number of amides is 1. The topological polar surface area (TPSA) is 46.9 Å². The van der Waals surface area contributed by atoms with Crippen LogP contribution in [0.2, 0.25) is 0 Å². The molecule has 1 aromatic carbocycles. The van der Waals surface area contributed by atoms with E-state index < -0.39 is 0 Å². The molecular formula is C16H14FN3OS. The summed E-state index contributed by atoms with van der Waals surface area (Å²) in [5.74, 6) is -0.481. The summed E-state index contributed by atoms with van der Waals surface area (Å²) in [5, 5.41) is 9.15. The normalized spacial score (nSPS) is 10.6. The molecule has 2 aromatic heterocycles. The van der Waals surface area contributed by atoms with E-state index in [9.17, 15) is 9.18 Å². The van der Waals surface area contributed by atoms with Crippen molar-refractivity contribution in [2.75, 3.05) is 0 Å². The van der Waals surface area contributed by atoms with Gasteiger partial charge in [-0.3, -0.25) is 9.48 Å². The zero-order chi connectivity index (χ0) is 15.5. The van der Waals surface area contributed by atoms with Crippen molar-refractivity contribution in [1.29, 1.82) is 0 Å². The molecule has 1 N–H and O–H groups in total. The minimum absolute atomic E-state index is 0.184. The Hall–Kier alpha value is -2.47. The number of hydrogen-bond acceptors (Lipinski definition) is 3. The third kappa shape index (κ3) is 3.07. The van der Waals surface area contributed by atoms with Gasteiger partial charge in [0.2, 0.25) is 0 Å². The van der Waals surface area contributed by atoms with E-state index in [0.29, 0.717) is 17.9 Å². The quantitative estimate of drug-likeness (QED) is 0.803. The second-order valence-corrected chi connectivity index (χ2v) is 5.84. The minimum Gasteiger partial charge on any atom is -0.346 e. The molecule has 0 fully saturated rings. The minimum atomic E-state index is -0.298. The van der Waals surface area contributed by atoms with Crippen LogP contribution in [0.4, 0.5) is 4.39 Å². The molecule has 0 atom stereocenters. The van der Waals surface area contributed by atoms with Crippen LogP contribution in [-0.2, 0) is 13.6 Å². The zero-order valence-electron chi connectivity index (χ0n) is 11.9. The standard InChI is InChI=1S/C16H14FN3OS/c1-20-15(16(21)18-10-13-3-2-8-22-13)9-14(19-20)11-4-6-12(17)7-5-11/h2-9H,10H2,1H3,(H,18,21). The van der Waals surface area contributed by atoms with E-state index in [1.807, 2.05) is 17.5 Å². The van der Waals surface area contributed by atoms with Crippen LogP contribution in [0, 0.1) is 5.82 Å². The highest BCUT2D eigenvalue weighted by atomic mass is 32.1. The summed E-state index contributed by atoms with van der Waals surface area (Å²) in [5.41, 5.74) is 1.88. The van der Waals surface area contributed by atoms with Crippen molar-refractivity contribution in [3.63, 3.8) is 0 Å². The Kier molecular flexibility index (Phi) is 4.02. The molecule has 3 rings (SSSR count). The fraction of sp³-hybridized carbons (Fsp3) is 0.125. The molecule has 0 saturated heterocycles. The van der Waals surface area contributed by atoms with Crippen molar-refractivity contribution in [3.05, 3.63) is 64.2 Å². The Morgan fingerprint density at radius 2 is 2.09 bits per heavy atom. The van der Waals surface area contributed by atoms with Crippen LogP contribution in [0.3, 0.4) is 0 Å². The molecule has 22 heavy (non-hydrogen) atoms. The first-order chi connectivity index (χ1) is 10.6. The summed E-state index contributed by atoms with van der Waals surface area (Å²) in [6.07, 6.45) is 0. The molecule has 4 nitrogen and oxygen atoms in total. The first-order valence-electron chi connectivity index (χ1n) is 6.74. The highest BCUT2D eigenvalue weighted by Gasteiger charge is 2.14. The van der Waals surface area contributed by atoms with E-state index in [1.165, 1.54) is 16.8 Å². The molecule has 0 aliphatic rings. The molecule has 112 valence electrons. The van der Waals surface area contributed by atoms with E-state index in [-0.39, 0.29) is 11.7 Å². The van der Waals surface area contributed by atoms with Crippen LogP contribution in [0.15, 0.2) is 47.8 Å². The Morgan fingerprint density at radius 1 is 1.32 bits per heavy atom. The predicted molar refractivity (Wildman–Crippen MR) is 84.1 cm³/mol. The van der Waals surface area contributed by atoms with Gasteiger partial charge in [0.05, 0.1) is 12.2 Å². The number of nitrogens with zero attached hydrogens (tertiary/aromatic N) is 2. The Bertz CT molecular complexity index is 778. The van der Waals surface area contributed by atoms with Gasteiger partial charge in [0, 0.05) is 17.5 Å². The van der Waals surface area contributed by atoms with Gasteiger partial charge in [-0.1, -0.05) is 6.07 Å². The second kappa shape index (κ2) is 6.11. The summed E-state index contributed by atoms with van der Waals surface area (Å²) >= 11 is 1.60. The molecule has 2 heterocycles. The molecule has 0 saturated carbocycles. The van der Waals surface area contributed by atoms with Crippen LogP contribution in [-0.4, -0.2) is 15.7 Å². The maximum atomic E-state index is 13.0. The maximum Gasteiger partial charge on any atom is 0.269 e. The highest BCUT2D eigenvalue weighted by Crippen LogP contribution is 2.19. The Morgan fingerprint density at radius 3 is 2.77 bits per heavy atom. The number of carbonyl (C=O) groups excluding carboxylic acids is 1. The van der Waals surface area contributed by atoms with Gasteiger partial charge in [0.1, 0.15) is 11.5 Å². The van der Waals surface area contributed by atoms with Gasteiger partial charge in [-0.25, -0.2) is 4.39 Å². The molecule has 3 aromatic rings. The van der Waals surface area contributed by atoms with Gasteiger partial charge < -0.3 is 5.32 Å². The van der Waals surface area contributed by atoms with Crippen molar-refractivity contribution in [1.82, 2.24) is 15.1 Å². The van der Waals surface area contributed by atoms with Gasteiger partial charge >= 0.3 is 0 Å². The average Bonchev–Trinajstić information content (AvgIpc) is 3.15. The summed E-state index contributed by atoms with van der Waals surface area (Å²) in [6, 6.07) is 11.7. The lowest BCUT2D eigenvalue weighted by Crippen LogP contribution is -2.24. The largest absolute Gasteiger partial charge is 0.346 e. The van der Waals surface area contributed by atoms with Crippen LogP contribution in [0.5, 0.6) is 0 Å². The van der Waals surface area contributed by atoms with Crippen molar-refractivity contribution in [2.24, 2.45) is 7.05 Å². The Labute approximate surface area is 131 Å². The number of carbonyl (C=O) groups is 1. The third-order valence-electron chi connectivity index (χ3n) is 3.26. The first kappa shape index (κ1) is 14.5. The summed E-state index contributed by atoms with van der Waals surface area (Å²) in [4.78, 5) is 13.3. The lowest BCUT2D eigenvalue weighted by atomic mass is 10.1. The Balaban J connectivity index is 1.76. The third-order valence-corrected chi connectivity index (χ3v) is 4.13. The van der Waals surface area contributed by atoms with Crippen molar-refractivity contribution in [3.8, 4) is 11.3 Å². The summed E-state index contributed by atoms with van der Waals surface area (Å²) in [7, 11) is 1.72. The van der Waals surface area contributed by atoms with E-state index in [0.717, 1.165) is 10.4 Å². The molecule has 0 aliphatic heterocycles. The van der Waals surface area contributed by atoms with Gasteiger partial charge in [0.15, 0.2) is 0 Å². The SMILES string of the molecule is Cn1nc(-c2ccc(F)cc2)cc1C(=O)NCc1cccs1. The lowest BCUT2D eigenvalue weighted by molar-refractivity contribution is 0.0942. The molecule has 0 unspecified atom stereocenters. The van der Waals surface area contributed by atoms with Gasteiger partial charge in [-0.15, -0.1) is 11.3 Å². The fourth-order valence-electron chi connectivity index (χ4n) is 2.11. The van der Waals surface area contributed by atoms with Crippen LogP contribution in [0.25, 0.3) is 11.3 Å². The molecular weight excluding hydrogens is 301 g/mol. The van der Waals surface area contributed by atoms with Crippen LogP contribution >= 0.6 is 11.3 Å². The van der Waals surface area contributed by atoms with Crippen molar-refractivity contribution in [2.45, 2.75) is 6.54 Å². The number of aryl methyl sites for hydroxylation is 1. The van der Waals surface area contributed by atoms with Crippen molar-refractivity contribution < 1.29 is 9.18 Å².